The average molecular weight is 399 g/mol. The van der Waals surface area contributed by atoms with Crippen molar-refractivity contribution >= 4 is 5.91 Å². The Bertz CT molecular complexity index is 771. The van der Waals surface area contributed by atoms with Crippen molar-refractivity contribution in [3.8, 4) is 5.75 Å². The molecule has 0 unspecified atom stereocenters. The first-order chi connectivity index (χ1) is 14.2. The number of benzene rings is 2. The minimum Gasteiger partial charge on any atom is -0.494 e. The van der Waals surface area contributed by atoms with E-state index in [-0.39, 0.29) is 17.6 Å². The van der Waals surface area contributed by atoms with E-state index in [9.17, 15) is 9.18 Å². The molecule has 1 saturated heterocycles. The van der Waals surface area contributed by atoms with Gasteiger partial charge < -0.3 is 10.1 Å². The van der Waals surface area contributed by atoms with Crippen LogP contribution in [0.5, 0.6) is 5.75 Å². The smallest absolute Gasteiger partial charge is 0.223 e. The van der Waals surface area contributed by atoms with Gasteiger partial charge >= 0.3 is 0 Å². The molecule has 0 atom stereocenters. The summed E-state index contributed by atoms with van der Waals surface area (Å²) in [4.78, 5) is 14.7. The maximum atomic E-state index is 13.8. The number of nitrogens with zero attached hydrogens (tertiary/aromatic N) is 1. The lowest BCUT2D eigenvalue weighted by atomic mass is 9.95. The highest BCUT2D eigenvalue weighted by molar-refractivity contribution is 5.78. The Kier molecular flexibility index (Phi) is 8.05. The van der Waals surface area contributed by atoms with Gasteiger partial charge in [0.2, 0.25) is 5.91 Å². The Morgan fingerprint density at radius 2 is 1.86 bits per heavy atom. The molecule has 4 nitrogen and oxygen atoms in total. The molecule has 0 aromatic heterocycles. The van der Waals surface area contributed by atoms with Gasteiger partial charge in [0.05, 0.1) is 6.61 Å². The van der Waals surface area contributed by atoms with E-state index in [4.69, 9.17) is 4.74 Å². The lowest BCUT2D eigenvalue weighted by Crippen LogP contribution is -2.40. The van der Waals surface area contributed by atoms with Gasteiger partial charge in [-0.25, -0.2) is 4.39 Å². The highest BCUT2D eigenvalue weighted by atomic mass is 19.1. The zero-order valence-electron chi connectivity index (χ0n) is 17.2. The molecule has 2 aromatic rings. The predicted molar refractivity (Wildman–Crippen MR) is 113 cm³/mol. The molecule has 0 bridgehead atoms. The van der Waals surface area contributed by atoms with Crippen LogP contribution in [0.3, 0.4) is 0 Å². The van der Waals surface area contributed by atoms with Gasteiger partial charge in [0, 0.05) is 24.6 Å². The van der Waals surface area contributed by atoms with Crippen LogP contribution in [-0.2, 0) is 17.8 Å². The number of hydrogen-bond acceptors (Lipinski definition) is 3. The fourth-order valence-electron chi connectivity index (χ4n) is 3.79. The van der Waals surface area contributed by atoms with E-state index in [1.807, 2.05) is 31.2 Å². The van der Waals surface area contributed by atoms with Crippen molar-refractivity contribution in [3.63, 3.8) is 0 Å². The van der Waals surface area contributed by atoms with Crippen LogP contribution in [0.1, 0.15) is 37.3 Å². The molecule has 29 heavy (non-hydrogen) atoms. The molecule has 1 N–H and O–H groups in total. The van der Waals surface area contributed by atoms with Gasteiger partial charge in [-0.05, 0) is 69.5 Å². The third-order valence-corrected chi connectivity index (χ3v) is 5.49. The topological polar surface area (TPSA) is 41.6 Å². The highest BCUT2D eigenvalue weighted by Crippen LogP contribution is 2.20. The van der Waals surface area contributed by atoms with E-state index in [1.54, 1.807) is 6.07 Å². The van der Waals surface area contributed by atoms with Crippen molar-refractivity contribution in [2.75, 3.05) is 26.2 Å². The van der Waals surface area contributed by atoms with Gasteiger partial charge in [0.25, 0.3) is 0 Å². The van der Waals surface area contributed by atoms with E-state index < -0.39 is 0 Å². The summed E-state index contributed by atoms with van der Waals surface area (Å²) in [6.07, 6.45) is 3.53. The maximum Gasteiger partial charge on any atom is 0.223 e. The zero-order chi connectivity index (χ0) is 20.5. The molecule has 0 radical (unpaired) electrons. The molecule has 1 amide bonds. The monoisotopic (exact) mass is 398 g/mol. The molecular formula is C24H31FN2O2. The Morgan fingerprint density at radius 1 is 1.14 bits per heavy atom. The molecule has 1 fully saturated rings. The third kappa shape index (κ3) is 6.57. The van der Waals surface area contributed by atoms with E-state index in [1.165, 1.54) is 11.6 Å². The second kappa shape index (κ2) is 11.0. The third-order valence-electron chi connectivity index (χ3n) is 5.49. The van der Waals surface area contributed by atoms with Crippen LogP contribution in [0.4, 0.5) is 4.39 Å². The van der Waals surface area contributed by atoms with Crippen LogP contribution >= 0.6 is 0 Å². The number of rotatable bonds is 9. The van der Waals surface area contributed by atoms with Crippen LogP contribution in [-0.4, -0.2) is 37.0 Å². The predicted octanol–water partition coefficient (Wildman–Crippen LogP) is 4.19. The van der Waals surface area contributed by atoms with Crippen LogP contribution in [0.15, 0.2) is 48.5 Å². The molecule has 2 aromatic carbocycles. The number of likely N-dealkylation sites (tertiary alicyclic amines) is 1. The van der Waals surface area contributed by atoms with Crippen LogP contribution in [0, 0.1) is 11.7 Å². The number of aryl methyl sites for hydroxylation is 1. The van der Waals surface area contributed by atoms with Crippen molar-refractivity contribution in [2.45, 2.75) is 39.2 Å². The SMILES string of the molecule is CCOc1ccc(CCCNC(=O)C2CCN(Cc3ccccc3F)CC2)cc1. The molecule has 0 aliphatic carbocycles. The first kappa shape index (κ1) is 21.3. The van der Waals surface area contributed by atoms with Crippen LogP contribution in [0.2, 0.25) is 0 Å². The van der Waals surface area contributed by atoms with Gasteiger partial charge in [-0.3, -0.25) is 9.69 Å². The maximum absolute atomic E-state index is 13.8. The second-order valence-electron chi connectivity index (χ2n) is 7.61. The molecular weight excluding hydrogens is 367 g/mol. The van der Waals surface area contributed by atoms with E-state index >= 15 is 0 Å². The van der Waals surface area contributed by atoms with Crippen molar-refractivity contribution in [2.24, 2.45) is 5.92 Å². The fourth-order valence-corrected chi connectivity index (χ4v) is 3.79. The highest BCUT2D eigenvalue weighted by Gasteiger charge is 2.25. The number of amides is 1. The van der Waals surface area contributed by atoms with Crippen molar-refractivity contribution < 1.29 is 13.9 Å². The Hall–Kier alpha value is -2.40. The lowest BCUT2D eigenvalue weighted by Gasteiger charge is -2.31. The second-order valence-corrected chi connectivity index (χ2v) is 7.61. The number of ether oxygens (including phenoxy) is 1. The van der Waals surface area contributed by atoms with E-state index in [0.29, 0.717) is 19.7 Å². The molecule has 5 heteroatoms. The Morgan fingerprint density at radius 3 is 2.55 bits per heavy atom. The van der Waals surface area contributed by atoms with E-state index in [0.717, 1.165) is 50.1 Å². The van der Waals surface area contributed by atoms with E-state index in [2.05, 4.69) is 22.3 Å². The summed E-state index contributed by atoms with van der Waals surface area (Å²) in [5.74, 6) is 0.963. The summed E-state index contributed by atoms with van der Waals surface area (Å²) in [6, 6.07) is 15.1. The van der Waals surface area contributed by atoms with Crippen molar-refractivity contribution in [1.29, 1.82) is 0 Å². The zero-order valence-corrected chi connectivity index (χ0v) is 17.2. The quantitative estimate of drug-likeness (QED) is 0.644. The Labute approximate surface area is 173 Å². The number of nitrogens with one attached hydrogen (secondary N) is 1. The average Bonchev–Trinajstić information content (AvgIpc) is 2.74. The minimum atomic E-state index is -0.153. The van der Waals surface area contributed by atoms with Gasteiger partial charge in [-0.2, -0.15) is 0 Å². The number of piperidine rings is 1. The van der Waals surface area contributed by atoms with Gasteiger partial charge in [0.15, 0.2) is 0 Å². The summed E-state index contributed by atoms with van der Waals surface area (Å²) < 4.78 is 19.3. The normalized spacial score (nSPS) is 15.2. The lowest BCUT2D eigenvalue weighted by molar-refractivity contribution is -0.126. The summed E-state index contributed by atoms with van der Waals surface area (Å²) in [6.45, 7) is 5.62. The largest absolute Gasteiger partial charge is 0.494 e. The molecule has 0 saturated carbocycles. The summed E-state index contributed by atoms with van der Waals surface area (Å²) in [7, 11) is 0. The van der Waals surface area contributed by atoms with Crippen LogP contribution in [0.25, 0.3) is 0 Å². The molecule has 156 valence electrons. The standard InChI is InChI=1S/C24H31FN2O2/c1-2-29-22-11-9-19(10-12-22)6-5-15-26-24(28)20-13-16-27(17-14-20)18-21-7-3-4-8-23(21)25/h3-4,7-12,20H,2,5-6,13-18H2,1H3,(H,26,28). The molecule has 1 heterocycles. The van der Waals surface area contributed by atoms with Crippen molar-refractivity contribution in [1.82, 2.24) is 10.2 Å². The molecule has 1 aliphatic rings. The molecule has 1 aliphatic heterocycles. The molecule has 0 spiro atoms. The summed E-state index contributed by atoms with van der Waals surface area (Å²) >= 11 is 0. The number of halogens is 1. The number of carbonyl (C=O) groups is 1. The molecule has 3 rings (SSSR count). The summed E-state index contributed by atoms with van der Waals surface area (Å²) in [5, 5.41) is 3.09. The minimum absolute atomic E-state index is 0.0670. The number of carbonyl (C=O) groups excluding carboxylic acids is 1. The summed E-state index contributed by atoms with van der Waals surface area (Å²) in [5.41, 5.74) is 1.98. The van der Waals surface area contributed by atoms with Gasteiger partial charge in [-0.1, -0.05) is 30.3 Å². The van der Waals surface area contributed by atoms with Gasteiger partial charge in [-0.15, -0.1) is 0 Å². The van der Waals surface area contributed by atoms with Crippen molar-refractivity contribution in [3.05, 3.63) is 65.5 Å². The first-order valence-corrected chi connectivity index (χ1v) is 10.6. The Balaban J connectivity index is 1.33. The van der Waals surface area contributed by atoms with Crippen LogP contribution < -0.4 is 10.1 Å². The first-order valence-electron chi connectivity index (χ1n) is 10.6. The van der Waals surface area contributed by atoms with Gasteiger partial charge in [0.1, 0.15) is 11.6 Å². The fraction of sp³-hybridized carbons (Fsp3) is 0.458. The number of hydrogen-bond donors (Lipinski definition) is 1.